The molecule has 21 heavy (non-hydrogen) atoms. The molecule has 4 nitrogen and oxygen atoms in total. The maximum absolute atomic E-state index is 12.5. The van der Waals surface area contributed by atoms with Crippen LogP contribution in [-0.2, 0) is 6.18 Å². The molecule has 2 aromatic rings. The summed E-state index contributed by atoms with van der Waals surface area (Å²) in [5, 5.41) is 0. The van der Waals surface area contributed by atoms with Gasteiger partial charge in [0, 0.05) is 5.56 Å². The number of halogens is 3. The highest BCUT2D eigenvalue weighted by atomic mass is 19.4. The SMILES string of the molecule is Nc1cc(-c2ncc(C(F)(F)F)[nH]2)ccc1OCC1CC1. The molecule has 112 valence electrons. The molecule has 0 radical (unpaired) electrons. The second-order valence-corrected chi connectivity index (χ2v) is 5.15. The number of H-pyrrole nitrogens is 1. The summed E-state index contributed by atoms with van der Waals surface area (Å²) in [5.74, 6) is 1.28. The molecule has 7 heteroatoms. The van der Waals surface area contributed by atoms with Crippen LogP contribution in [0.25, 0.3) is 11.4 Å². The summed E-state index contributed by atoms with van der Waals surface area (Å²) < 4.78 is 43.2. The number of nitrogens with two attached hydrogens (primary N) is 1. The van der Waals surface area contributed by atoms with E-state index >= 15 is 0 Å². The van der Waals surface area contributed by atoms with Crippen LogP contribution in [0.1, 0.15) is 18.5 Å². The molecule has 0 atom stereocenters. The first-order chi connectivity index (χ1) is 9.93. The number of nitrogens with one attached hydrogen (secondary N) is 1. The number of rotatable bonds is 4. The second-order valence-electron chi connectivity index (χ2n) is 5.15. The fourth-order valence-electron chi connectivity index (χ4n) is 1.93. The Kier molecular flexibility index (Phi) is 3.27. The summed E-state index contributed by atoms with van der Waals surface area (Å²) in [6, 6.07) is 4.85. The smallest absolute Gasteiger partial charge is 0.432 e. The predicted octanol–water partition coefficient (Wildman–Crippen LogP) is 3.47. The van der Waals surface area contributed by atoms with E-state index in [1.165, 1.54) is 12.8 Å². The van der Waals surface area contributed by atoms with Crippen LogP contribution in [0.15, 0.2) is 24.4 Å². The number of ether oxygens (including phenoxy) is 1. The van der Waals surface area contributed by atoms with Gasteiger partial charge in [-0.1, -0.05) is 0 Å². The van der Waals surface area contributed by atoms with Crippen LogP contribution in [0.5, 0.6) is 5.75 Å². The Balaban J connectivity index is 1.79. The number of aromatic nitrogens is 2. The van der Waals surface area contributed by atoms with E-state index in [9.17, 15) is 13.2 Å². The van der Waals surface area contributed by atoms with Gasteiger partial charge in [0.05, 0.1) is 18.5 Å². The Hall–Kier alpha value is -2.18. The molecule has 1 aromatic heterocycles. The van der Waals surface area contributed by atoms with Gasteiger partial charge in [0.1, 0.15) is 17.3 Å². The first-order valence-electron chi connectivity index (χ1n) is 6.58. The van der Waals surface area contributed by atoms with Crippen LogP contribution >= 0.6 is 0 Å². The molecule has 1 aliphatic rings. The average molecular weight is 297 g/mol. The summed E-state index contributed by atoms with van der Waals surface area (Å²) >= 11 is 0. The van der Waals surface area contributed by atoms with Crippen LogP contribution in [0, 0.1) is 5.92 Å². The summed E-state index contributed by atoms with van der Waals surface area (Å²) in [7, 11) is 0. The minimum atomic E-state index is -4.44. The van der Waals surface area contributed by atoms with Gasteiger partial charge in [-0.3, -0.25) is 0 Å². The minimum Gasteiger partial charge on any atom is -0.491 e. The van der Waals surface area contributed by atoms with Crippen LogP contribution in [0.4, 0.5) is 18.9 Å². The van der Waals surface area contributed by atoms with Crippen molar-refractivity contribution in [1.82, 2.24) is 9.97 Å². The highest BCUT2D eigenvalue weighted by molar-refractivity contribution is 5.66. The van der Waals surface area contributed by atoms with E-state index in [4.69, 9.17) is 10.5 Å². The highest BCUT2D eigenvalue weighted by Gasteiger charge is 2.33. The van der Waals surface area contributed by atoms with Crippen molar-refractivity contribution in [3.8, 4) is 17.1 Å². The molecule has 1 saturated carbocycles. The van der Waals surface area contributed by atoms with E-state index in [-0.39, 0.29) is 5.82 Å². The van der Waals surface area contributed by atoms with E-state index in [0.717, 1.165) is 6.20 Å². The number of aromatic amines is 1. The number of hydrogen-bond acceptors (Lipinski definition) is 3. The third kappa shape index (κ3) is 3.12. The molecule has 0 aliphatic heterocycles. The Morgan fingerprint density at radius 1 is 1.33 bits per heavy atom. The number of imidazole rings is 1. The molecule has 0 bridgehead atoms. The second kappa shape index (κ2) is 4.98. The van der Waals surface area contributed by atoms with Gasteiger partial charge >= 0.3 is 6.18 Å². The summed E-state index contributed by atoms with van der Waals surface area (Å²) in [5.41, 5.74) is 5.86. The lowest BCUT2D eigenvalue weighted by atomic mass is 10.2. The molecule has 1 fully saturated rings. The predicted molar refractivity (Wildman–Crippen MR) is 71.7 cm³/mol. The van der Waals surface area contributed by atoms with E-state index < -0.39 is 11.9 Å². The zero-order valence-corrected chi connectivity index (χ0v) is 11.1. The largest absolute Gasteiger partial charge is 0.491 e. The molecule has 0 amide bonds. The molecular weight excluding hydrogens is 283 g/mol. The van der Waals surface area contributed by atoms with Crippen molar-refractivity contribution in [3.05, 3.63) is 30.1 Å². The summed E-state index contributed by atoms with van der Waals surface area (Å²) in [4.78, 5) is 5.98. The maximum atomic E-state index is 12.5. The van der Waals surface area contributed by atoms with Crippen LogP contribution in [0.3, 0.4) is 0 Å². The van der Waals surface area contributed by atoms with Gasteiger partial charge in [-0.25, -0.2) is 4.98 Å². The van der Waals surface area contributed by atoms with Crippen molar-refractivity contribution < 1.29 is 17.9 Å². The van der Waals surface area contributed by atoms with Gasteiger partial charge in [0.25, 0.3) is 0 Å². The zero-order chi connectivity index (χ0) is 15.0. The van der Waals surface area contributed by atoms with E-state index in [1.54, 1.807) is 18.2 Å². The van der Waals surface area contributed by atoms with Gasteiger partial charge in [0.15, 0.2) is 0 Å². The Morgan fingerprint density at radius 3 is 2.67 bits per heavy atom. The van der Waals surface area contributed by atoms with Gasteiger partial charge in [-0.15, -0.1) is 0 Å². The van der Waals surface area contributed by atoms with E-state index in [0.29, 0.717) is 29.5 Å². The molecule has 0 saturated heterocycles. The summed E-state index contributed by atoms with van der Waals surface area (Å²) in [6.07, 6.45) is -1.33. The van der Waals surface area contributed by atoms with Crippen molar-refractivity contribution in [3.63, 3.8) is 0 Å². The molecule has 1 aliphatic carbocycles. The topological polar surface area (TPSA) is 63.9 Å². The lowest BCUT2D eigenvalue weighted by molar-refractivity contribution is -0.140. The number of benzene rings is 1. The molecule has 0 spiro atoms. The number of nitrogens with zero attached hydrogens (tertiary/aromatic N) is 1. The van der Waals surface area contributed by atoms with Gasteiger partial charge in [-0.05, 0) is 37.0 Å². The molecule has 3 N–H and O–H groups in total. The molecular formula is C14H14F3N3O. The van der Waals surface area contributed by atoms with E-state index in [1.807, 2.05) is 0 Å². The zero-order valence-electron chi connectivity index (χ0n) is 11.1. The fraction of sp³-hybridized carbons (Fsp3) is 0.357. The normalized spacial score (nSPS) is 15.2. The van der Waals surface area contributed by atoms with Crippen LogP contribution in [0.2, 0.25) is 0 Å². The number of hydrogen-bond donors (Lipinski definition) is 2. The standard InChI is InChI=1S/C14H14F3N3O/c15-14(16,17)12-6-19-13(20-12)9-3-4-11(10(18)5-9)21-7-8-1-2-8/h3-6,8H,1-2,7,18H2,(H,19,20). The third-order valence-electron chi connectivity index (χ3n) is 3.34. The van der Waals surface area contributed by atoms with Crippen molar-refractivity contribution >= 4 is 5.69 Å². The molecule has 3 rings (SSSR count). The molecule has 1 heterocycles. The van der Waals surface area contributed by atoms with Gasteiger partial charge < -0.3 is 15.5 Å². The maximum Gasteiger partial charge on any atom is 0.432 e. The van der Waals surface area contributed by atoms with Crippen LogP contribution < -0.4 is 10.5 Å². The Labute approximate surface area is 119 Å². The molecule has 0 unspecified atom stereocenters. The number of nitrogen functional groups attached to an aromatic ring is 1. The molecule has 1 aromatic carbocycles. The fourth-order valence-corrected chi connectivity index (χ4v) is 1.93. The number of anilines is 1. The lowest BCUT2D eigenvalue weighted by Gasteiger charge is -2.09. The average Bonchev–Trinajstić information content (AvgIpc) is 3.09. The van der Waals surface area contributed by atoms with Crippen LogP contribution in [-0.4, -0.2) is 16.6 Å². The third-order valence-corrected chi connectivity index (χ3v) is 3.34. The lowest BCUT2D eigenvalue weighted by Crippen LogP contribution is -2.05. The van der Waals surface area contributed by atoms with Crippen molar-refractivity contribution in [2.75, 3.05) is 12.3 Å². The Morgan fingerprint density at radius 2 is 2.10 bits per heavy atom. The van der Waals surface area contributed by atoms with Crippen molar-refractivity contribution in [2.24, 2.45) is 5.92 Å². The van der Waals surface area contributed by atoms with E-state index in [2.05, 4.69) is 9.97 Å². The quantitative estimate of drug-likeness (QED) is 0.849. The minimum absolute atomic E-state index is 0.128. The van der Waals surface area contributed by atoms with Gasteiger partial charge in [0.2, 0.25) is 0 Å². The van der Waals surface area contributed by atoms with Crippen molar-refractivity contribution in [1.29, 1.82) is 0 Å². The van der Waals surface area contributed by atoms with Gasteiger partial charge in [-0.2, -0.15) is 13.2 Å². The first kappa shape index (κ1) is 13.8. The Bertz CT molecular complexity index is 647. The summed E-state index contributed by atoms with van der Waals surface area (Å²) in [6.45, 7) is 0.628. The highest BCUT2D eigenvalue weighted by Crippen LogP contribution is 2.33. The first-order valence-corrected chi connectivity index (χ1v) is 6.58. The van der Waals surface area contributed by atoms with Crippen molar-refractivity contribution in [2.45, 2.75) is 19.0 Å². The number of alkyl halides is 3. The monoisotopic (exact) mass is 297 g/mol.